The summed E-state index contributed by atoms with van der Waals surface area (Å²) in [7, 11) is 0. The molecule has 0 aromatic heterocycles. The second-order valence-corrected chi connectivity index (χ2v) is 16.9. The molecule has 0 aliphatic heterocycles. The van der Waals surface area contributed by atoms with Crippen molar-refractivity contribution >= 4 is 11.9 Å². The highest BCUT2D eigenvalue weighted by Gasteiger charge is 2.70. The van der Waals surface area contributed by atoms with Crippen molar-refractivity contribution in [3.05, 3.63) is 12.2 Å². The molecule has 0 unspecified atom stereocenters. The van der Waals surface area contributed by atoms with Gasteiger partial charge in [-0.1, -0.05) is 61.5 Å². The van der Waals surface area contributed by atoms with Crippen molar-refractivity contribution in [2.45, 2.75) is 145 Å². The van der Waals surface area contributed by atoms with Crippen LogP contribution >= 0.6 is 0 Å². The Kier molecular flexibility index (Phi) is 8.11. The Morgan fingerprint density at radius 2 is 1.56 bits per heavy atom. The number of carbonyl (C=O) groups is 2. The molecule has 0 spiro atoms. The van der Waals surface area contributed by atoms with E-state index in [-0.39, 0.29) is 28.9 Å². The molecule has 5 aliphatic carbocycles. The lowest BCUT2D eigenvalue weighted by atomic mass is 9.32. The van der Waals surface area contributed by atoms with E-state index in [1.54, 1.807) is 6.92 Å². The van der Waals surface area contributed by atoms with Gasteiger partial charge in [0.25, 0.3) is 0 Å². The molecule has 41 heavy (non-hydrogen) atoms. The van der Waals surface area contributed by atoms with Gasteiger partial charge in [-0.2, -0.15) is 0 Å². The minimum Gasteiger partial charge on any atom is -0.462 e. The first-order valence-electron chi connectivity index (χ1n) is 17.1. The maximum absolute atomic E-state index is 12.3. The Balaban J connectivity index is 1.39. The van der Waals surface area contributed by atoms with Gasteiger partial charge in [0, 0.05) is 18.8 Å². The monoisotopic (exact) mass is 568 g/mol. The van der Waals surface area contributed by atoms with Crippen molar-refractivity contribution in [1.29, 1.82) is 0 Å². The average Bonchev–Trinajstić information content (AvgIpc) is 3.25. The molecule has 0 saturated heterocycles. The minimum atomic E-state index is -0.131. The molecule has 5 aliphatic rings. The Morgan fingerprint density at radius 1 is 0.829 bits per heavy atom. The number of rotatable bonds is 7. The summed E-state index contributed by atoms with van der Waals surface area (Å²) in [5.41, 5.74) is 2.46. The number of fused-ring (bicyclic) bond motifs is 7. The van der Waals surface area contributed by atoms with Crippen LogP contribution in [0.2, 0.25) is 0 Å². The van der Waals surface area contributed by atoms with E-state index < -0.39 is 0 Å². The van der Waals surface area contributed by atoms with Gasteiger partial charge in [0.1, 0.15) is 12.7 Å². The molecule has 4 nitrogen and oxygen atoms in total. The minimum absolute atomic E-state index is 0.00570. The van der Waals surface area contributed by atoms with Crippen molar-refractivity contribution in [2.24, 2.45) is 56.7 Å². The summed E-state index contributed by atoms with van der Waals surface area (Å²) < 4.78 is 11.7. The lowest BCUT2D eigenvalue weighted by molar-refractivity contribution is -0.249. The Hall–Kier alpha value is -1.32. The van der Waals surface area contributed by atoms with E-state index in [4.69, 9.17) is 9.47 Å². The fourth-order valence-electron chi connectivity index (χ4n) is 12.5. The zero-order valence-electron chi connectivity index (χ0n) is 27.7. The van der Waals surface area contributed by atoms with Crippen molar-refractivity contribution in [3.63, 3.8) is 0 Å². The summed E-state index contributed by atoms with van der Waals surface area (Å²) in [6, 6.07) is 0. The van der Waals surface area contributed by atoms with Crippen LogP contribution in [0.25, 0.3) is 0 Å². The van der Waals surface area contributed by atoms with Gasteiger partial charge in [0.2, 0.25) is 0 Å². The maximum atomic E-state index is 12.3. The van der Waals surface area contributed by atoms with Crippen molar-refractivity contribution in [1.82, 2.24) is 0 Å². The second-order valence-electron chi connectivity index (χ2n) is 16.9. The van der Waals surface area contributed by atoms with Crippen LogP contribution in [0.5, 0.6) is 0 Å². The van der Waals surface area contributed by atoms with Crippen LogP contribution in [0.15, 0.2) is 12.2 Å². The highest BCUT2D eigenvalue weighted by molar-refractivity contribution is 5.69. The van der Waals surface area contributed by atoms with Crippen molar-refractivity contribution < 1.29 is 19.1 Å². The molecular weight excluding hydrogens is 508 g/mol. The van der Waals surface area contributed by atoms with Crippen LogP contribution < -0.4 is 0 Å². The van der Waals surface area contributed by atoms with Gasteiger partial charge >= 0.3 is 11.9 Å². The van der Waals surface area contributed by atoms with E-state index in [1.165, 1.54) is 63.4 Å². The van der Waals surface area contributed by atoms with Gasteiger partial charge in [-0.05, 0) is 127 Å². The molecule has 10 atom stereocenters. The molecule has 0 aromatic rings. The second kappa shape index (κ2) is 10.7. The van der Waals surface area contributed by atoms with E-state index in [0.717, 1.165) is 19.3 Å². The highest BCUT2D eigenvalue weighted by Crippen LogP contribution is 2.77. The van der Waals surface area contributed by atoms with Crippen LogP contribution in [0.1, 0.15) is 139 Å². The molecule has 5 rings (SSSR count). The quantitative estimate of drug-likeness (QED) is 0.227. The summed E-state index contributed by atoms with van der Waals surface area (Å²) in [4.78, 5) is 24.3. The van der Waals surface area contributed by atoms with Crippen LogP contribution in [-0.2, 0) is 19.1 Å². The Morgan fingerprint density at radius 3 is 2.24 bits per heavy atom. The Bertz CT molecular complexity index is 1050. The summed E-state index contributed by atoms with van der Waals surface area (Å²) >= 11 is 0. The molecule has 0 aromatic carbocycles. The number of unbranched alkanes of at least 4 members (excludes halogenated alkanes) is 1. The van der Waals surface area contributed by atoms with Crippen LogP contribution in [0, 0.1) is 56.7 Å². The summed E-state index contributed by atoms with van der Waals surface area (Å²) in [5, 5.41) is 0. The SMILES string of the molecule is C=C(COC(=O)CCCC)[C@@H]1CC[C@]2(C)CC[C@]3(C)[C@H](CC[C@@H]4[C@@]5(C)CC[C@H](OC(C)=O)C(C)(C)[C@@H]5CC[C@]43C)[C@@H]12. The average molecular weight is 569 g/mol. The lowest BCUT2D eigenvalue weighted by Gasteiger charge is -2.73. The fraction of sp³-hybridized carbons (Fsp3) is 0.892. The first kappa shape index (κ1) is 31.1. The third-order valence-electron chi connectivity index (χ3n) is 14.8. The summed E-state index contributed by atoms with van der Waals surface area (Å²) in [6.07, 6.45) is 14.9. The van der Waals surface area contributed by atoms with Crippen molar-refractivity contribution in [2.75, 3.05) is 6.61 Å². The van der Waals surface area contributed by atoms with E-state index in [9.17, 15) is 9.59 Å². The Labute approximate surface area is 251 Å². The molecular formula is C37H60O4. The molecule has 0 bridgehead atoms. The van der Waals surface area contributed by atoms with Crippen molar-refractivity contribution in [3.8, 4) is 0 Å². The van der Waals surface area contributed by atoms with Gasteiger partial charge in [0.05, 0.1) is 0 Å². The molecule has 232 valence electrons. The predicted octanol–water partition coefficient (Wildman–Crippen LogP) is 9.31. The summed E-state index contributed by atoms with van der Waals surface area (Å²) in [6.45, 7) is 24.0. The maximum Gasteiger partial charge on any atom is 0.306 e. The number of carbonyl (C=O) groups excluding carboxylic acids is 2. The zero-order valence-corrected chi connectivity index (χ0v) is 27.7. The van der Waals surface area contributed by atoms with Gasteiger partial charge in [-0.3, -0.25) is 9.59 Å². The zero-order chi connectivity index (χ0) is 30.0. The molecule has 0 amide bonds. The molecule has 0 heterocycles. The van der Waals surface area contributed by atoms with Gasteiger partial charge < -0.3 is 9.47 Å². The first-order chi connectivity index (χ1) is 19.1. The topological polar surface area (TPSA) is 52.6 Å². The largest absolute Gasteiger partial charge is 0.462 e. The highest BCUT2D eigenvalue weighted by atomic mass is 16.5. The molecule has 0 N–H and O–H groups in total. The normalized spacial score (nSPS) is 46.3. The predicted molar refractivity (Wildman–Crippen MR) is 165 cm³/mol. The van der Waals surface area contributed by atoms with Crippen LogP contribution in [0.4, 0.5) is 0 Å². The van der Waals surface area contributed by atoms with Crippen LogP contribution in [-0.4, -0.2) is 24.6 Å². The first-order valence-corrected chi connectivity index (χ1v) is 17.1. The van der Waals surface area contributed by atoms with E-state index in [1.807, 2.05) is 0 Å². The van der Waals surface area contributed by atoms with Gasteiger partial charge in [0.15, 0.2) is 0 Å². The number of hydrogen-bond donors (Lipinski definition) is 0. The number of hydrogen-bond acceptors (Lipinski definition) is 4. The third-order valence-corrected chi connectivity index (χ3v) is 14.8. The standard InChI is InChI=1S/C37H60O4/c1-10-11-12-31(39)40-23-24(2)26-15-18-34(6)21-22-36(8)27(32(26)34)13-14-29-35(7)19-17-30(41-25(3)38)33(4,5)28(35)16-20-37(29,36)9/h26-30,32H,2,10-23H2,1,3-9H3/t26-,27+,28-,29+,30-,32+,34+,35-,36+,37+/m0/s1. The molecule has 4 heteroatoms. The smallest absolute Gasteiger partial charge is 0.306 e. The molecule has 0 radical (unpaired) electrons. The van der Waals surface area contributed by atoms with E-state index in [0.29, 0.717) is 58.9 Å². The van der Waals surface area contributed by atoms with Gasteiger partial charge in [-0.25, -0.2) is 0 Å². The number of esters is 2. The number of ether oxygens (including phenoxy) is 2. The molecule has 5 fully saturated rings. The summed E-state index contributed by atoms with van der Waals surface area (Å²) in [5.74, 6) is 2.91. The lowest BCUT2D eigenvalue weighted by Crippen LogP contribution is -2.66. The van der Waals surface area contributed by atoms with E-state index >= 15 is 0 Å². The fourth-order valence-corrected chi connectivity index (χ4v) is 12.5. The van der Waals surface area contributed by atoms with Crippen LogP contribution in [0.3, 0.4) is 0 Å². The third kappa shape index (κ3) is 4.75. The van der Waals surface area contributed by atoms with E-state index in [2.05, 4.69) is 55.0 Å². The molecule has 5 saturated carbocycles. The van der Waals surface area contributed by atoms with Gasteiger partial charge in [-0.15, -0.1) is 0 Å².